The number of piperazine rings is 1. The molecule has 0 N–H and O–H groups in total. The number of pyridine rings is 1. The maximum Gasteiger partial charge on any atom is 0.420 e. The van der Waals surface area contributed by atoms with Crippen molar-refractivity contribution in [2.45, 2.75) is 13.8 Å². The minimum absolute atomic E-state index is 0. The Balaban J connectivity index is 0.00000320. The maximum absolute atomic E-state index is 12.4. The highest BCUT2D eigenvalue weighted by atomic mass is 79.9. The van der Waals surface area contributed by atoms with Crippen LogP contribution in [0.3, 0.4) is 0 Å². The Morgan fingerprint density at radius 1 is 1.10 bits per heavy atom. The van der Waals surface area contributed by atoms with E-state index < -0.39 is 6.09 Å². The molecule has 1 saturated heterocycles. The van der Waals surface area contributed by atoms with Crippen molar-refractivity contribution in [1.29, 1.82) is 0 Å². The molecule has 0 unspecified atom stereocenters. The number of nitrogens with zero attached hydrogens (tertiary/aromatic N) is 4. The topological polar surface area (TPSA) is 83.1 Å². The summed E-state index contributed by atoms with van der Waals surface area (Å²) in [4.78, 5) is 45.6. The number of amides is 3. The molecule has 160 valence electrons. The summed E-state index contributed by atoms with van der Waals surface area (Å²) < 4.78 is 5.27. The predicted octanol–water partition coefficient (Wildman–Crippen LogP) is 3.13. The van der Waals surface area contributed by atoms with Crippen LogP contribution in [0, 0.1) is 5.92 Å². The Labute approximate surface area is 186 Å². The van der Waals surface area contributed by atoms with Gasteiger partial charge in [-0.3, -0.25) is 19.4 Å². The first-order valence-corrected chi connectivity index (χ1v) is 9.40. The Bertz CT molecular complexity index is 872. The molecule has 1 aromatic carbocycles. The van der Waals surface area contributed by atoms with Gasteiger partial charge in [0.15, 0.2) is 0 Å². The zero-order chi connectivity index (χ0) is 21.0. The van der Waals surface area contributed by atoms with Gasteiger partial charge in [0.1, 0.15) is 0 Å². The summed E-state index contributed by atoms with van der Waals surface area (Å²) >= 11 is 0. The van der Waals surface area contributed by atoms with Crippen LogP contribution in [0.1, 0.15) is 13.8 Å². The van der Waals surface area contributed by atoms with Crippen LogP contribution in [0.2, 0.25) is 0 Å². The fourth-order valence-corrected chi connectivity index (χ4v) is 3.13. The molecule has 8 nitrogen and oxygen atoms in total. The summed E-state index contributed by atoms with van der Waals surface area (Å²) in [5.74, 6) is -0.138. The van der Waals surface area contributed by atoms with Crippen LogP contribution >= 0.6 is 17.0 Å². The summed E-state index contributed by atoms with van der Waals surface area (Å²) in [7, 11) is 1.60. The Kier molecular flexibility index (Phi) is 8.08. The Hall–Kier alpha value is -2.78. The van der Waals surface area contributed by atoms with Crippen LogP contribution in [0.4, 0.5) is 16.2 Å². The lowest BCUT2D eigenvalue weighted by Crippen LogP contribution is -2.54. The van der Waals surface area contributed by atoms with Gasteiger partial charge >= 0.3 is 6.09 Å². The van der Waals surface area contributed by atoms with E-state index in [2.05, 4.69) is 4.98 Å². The van der Waals surface area contributed by atoms with Crippen molar-refractivity contribution in [2.75, 3.05) is 36.5 Å². The standard InChI is InChI=1S/C21H24N4O4.BrH/c1-15(2)12-24-13-19(26)25(20(27)14-24)17-9-10-18(22-11-17)29-21(28)23(3)16-7-5-4-6-8-16;/h4-11,15H,12-14H2,1-3H3;1H. The number of rotatable bonds is 5. The monoisotopic (exact) mass is 476 g/mol. The van der Waals surface area contributed by atoms with Gasteiger partial charge in [0.25, 0.3) is 0 Å². The van der Waals surface area contributed by atoms with E-state index in [0.717, 1.165) is 4.90 Å². The number of imide groups is 1. The maximum atomic E-state index is 12.4. The second kappa shape index (κ2) is 10.3. The minimum Gasteiger partial charge on any atom is -0.391 e. The average molecular weight is 477 g/mol. The van der Waals surface area contributed by atoms with Gasteiger partial charge in [0, 0.05) is 25.3 Å². The second-order valence-electron chi connectivity index (χ2n) is 7.30. The first-order valence-electron chi connectivity index (χ1n) is 9.40. The van der Waals surface area contributed by atoms with Gasteiger partial charge in [0.05, 0.1) is 25.0 Å². The molecule has 3 amide bonds. The molecule has 1 fully saturated rings. The van der Waals surface area contributed by atoms with Crippen LogP contribution in [0.5, 0.6) is 5.88 Å². The molecule has 2 aromatic rings. The molecule has 9 heteroatoms. The van der Waals surface area contributed by atoms with E-state index in [1.807, 2.05) is 36.9 Å². The fourth-order valence-electron chi connectivity index (χ4n) is 3.13. The molecule has 0 radical (unpaired) electrons. The molecule has 3 rings (SSSR count). The first kappa shape index (κ1) is 23.5. The third-order valence-electron chi connectivity index (χ3n) is 4.43. The van der Waals surface area contributed by atoms with Crippen LogP contribution in [-0.2, 0) is 9.59 Å². The van der Waals surface area contributed by atoms with Gasteiger partial charge in [-0.1, -0.05) is 32.0 Å². The van der Waals surface area contributed by atoms with E-state index in [4.69, 9.17) is 4.74 Å². The van der Waals surface area contributed by atoms with E-state index >= 15 is 0 Å². The van der Waals surface area contributed by atoms with Crippen LogP contribution in [-0.4, -0.2) is 54.5 Å². The molecule has 0 atom stereocenters. The zero-order valence-electron chi connectivity index (χ0n) is 17.1. The highest BCUT2D eigenvalue weighted by Crippen LogP contribution is 2.21. The normalized spacial score (nSPS) is 14.5. The third kappa shape index (κ3) is 5.64. The van der Waals surface area contributed by atoms with Crippen molar-refractivity contribution >= 4 is 46.3 Å². The van der Waals surface area contributed by atoms with E-state index in [1.165, 1.54) is 17.2 Å². The molecule has 30 heavy (non-hydrogen) atoms. The molecule has 0 saturated carbocycles. The number of anilines is 2. The molecular weight excluding hydrogens is 452 g/mol. The highest BCUT2D eigenvalue weighted by Gasteiger charge is 2.32. The lowest BCUT2D eigenvalue weighted by Gasteiger charge is -2.33. The second-order valence-corrected chi connectivity index (χ2v) is 7.30. The summed E-state index contributed by atoms with van der Waals surface area (Å²) in [6.07, 6.45) is 0.768. The molecule has 2 heterocycles. The van der Waals surface area contributed by atoms with E-state index in [9.17, 15) is 14.4 Å². The number of para-hydroxylation sites is 1. The molecule has 1 aliphatic heterocycles. The van der Waals surface area contributed by atoms with Gasteiger partial charge in [-0.05, 0) is 24.1 Å². The third-order valence-corrected chi connectivity index (χ3v) is 4.43. The van der Waals surface area contributed by atoms with Crippen LogP contribution < -0.4 is 14.5 Å². The van der Waals surface area contributed by atoms with E-state index in [-0.39, 0.29) is 47.8 Å². The first-order chi connectivity index (χ1) is 13.8. The van der Waals surface area contributed by atoms with E-state index in [1.54, 1.807) is 25.2 Å². The number of halogens is 1. The molecular formula is C21H25BrN4O4. The van der Waals surface area contributed by atoms with Crippen LogP contribution in [0.15, 0.2) is 48.7 Å². The highest BCUT2D eigenvalue weighted by molar-refractivity contribution is 8.93. The summed E-state index contributed by atoms with van der Waals surface area (Å²) in [5, 5.41) is 0. The molecule has 0 bridgehead atoms. The molecule has 0 spiro atoms. The smallest absolute Gasteiger partial charge is 0.391 e. The van der Waals surface area contributed by atoms with Crippen molar-refractivity contribution in [3.8, 4) is 5.88 Å². The fraction of sp³-hybridized carbons (Fsp3) is 0.333. The summed E-state index contributed by atoms with van der Waals surface area (Å²) in [6.45, 7) is 5.14. The minimum atomic E-state index is -0.592. The number of carbonyl (C=O) groups excluding carboxylic acids is 3. The van der Waals surface area contributed by atoms with Crippen molar-refractivity contribution in [3.63, 3.8) is 0 Å². The lowest BCUT2D eigenvalue weighted by molar-refractivity contribution is -0.132. The lowest BCUT2D eigenvalue weighted by atomic mass is 10.2. The number of carbonyl (C=O) groups is 3. The summed E-state index contributed by atoms with van der Waals surface area (Å²) in [5.41, 5.74) is 1.05. The molecule has 0 aliphatic carbocycles. The van der Waals surface area contributed by atoms with Crippen molar-refractivity contribution in [1.82, 2.24) is 9.88 Å². The number of aromatic nitrogens is 1. The average Bonchev–Trinajstić information content (AvgIpc) is 2.68. The van der Waals surface area contributed by atoms with Crippen molar-refractivity contribution in [3.05, 3.63) is 48.7 Å². The van der Waals surface area contributed by atoms with Gasteiger partial charge in [0.2, 0.25) is 17.7 Å². The van der Waals surface area contributed by atoms with Crippen molar-refractivity contribution in [2.24, 2.45) is 5.92 Å². The predicted molar refractivity (Wildman–Crippen MR) is 119 cm³/mol. The molecule has 1 aliphatic rings. The van der Waals surface area contributed by atoms with Gasteiger partial charge < -0.3 is 4.74 Å². The Morgan fingerprint density at radius 2 is 1.73 bits per heavy atom. The largest absolute Gasteiger partial charge is 0.420 e. The number of ether oxygens (including phenoxy) is 1. The van der Waals surface area contributed by atoms with Gasteiger partial charge in [-0.15, -0.1) is 17.0 Å². The molecule has 1 aromatic heterocycles. The quantitative estimate of drug-likeness (QED) is 0.616. The van der Waals surface area contributed by atoms with Gasteiger partial charge in [-0.2, -0.15) is 0 Å². The number of benzene rings is 1. The zero-order valence-corrected chi connectivity index (χ0v) is 18.9. The summed E-state index contributed by atoms with van der Waals surface area (Å²) in [6, 6.07) is 12.1. The Morgan fingerprint density at radius 3 is 2.27 bits per heavy atom. The van der Waals surface area contributed by atoms with E-state index in [0.29, 0.717) is 23.8 Å². The SMILES string of the molecule is Br.CC(C)CN1CC(=O)N(c2ccc(OC(=O)N(C)c3ccccc3)nc2)C(=O)C1. The van der Waals surface area contributed by atoms with Crippen LogP contribution in [0.25, 0.3) is 0 Å². The number of hydrogen-bond acceptors (Lipinski definition) is 6. The van der Waals surface area contributed by atoms with Gasteiger partial charge in [-0.25, -0.2) is 14.7 Å². The van der Waals surface area contributed by atoms with Crippen molar-refractivity contribution < 1.29 is 19.1 Å². The number of hydrogen-bond donors (Lipinski definition) is 0.